The Morgan fingerprint density at radius 3 is 2.87 bits per heavy atom. The lowest BCUT2D eigenvalue weighted by Gasteiger charge is -2.31. The molecule has 0 bridgehead atoms. The minimum atomic E-state index is -0.208. The highest BCUT2D eigenvalue weighted by molar-refractivity contribution is 7.12. The highest BCUT2D eigenvalue weighted by Crippen LogP contribution is 2.29. The van der Waals surface area contributed by atoms with Crippen molar-refractivity contribution in [3.63, 3.8) is 0 Å². The zero-order valence-electron chi connectivity index (χ0n) is 9.19. The molecule has 1 aliphatic heterocycles. The summed E-state index contributed by atoms with van der Waals surface area (Å²) in [5, 5.41) is 1.92. The van der Waals surface area contributed by atoms with Crippen LogP contribution >= 0.6 is 11.3 Å². The molecule has 1 aromatic heterocycles. The van der Waals surface area contributed by atoms with Crippen LogP contribution in [0.3, 0.4) is 0 Å². The van der Waals surface area contributed by atoms with Crippen LogP contribution in [0.5, 0.6) is 0 Å². The maximum absolute atomic E-state index is 12.2. The molecule has 1 atom stereocenters. The number of rotatable bonds is 1. The van der Waals surface area contributed by atoms with Gasteiger partial charge in [0, 0.05) is 0 Å². The molecule has 1 unspecified atom stereocenters. The Balaban J connectivity index is 2.27. The number of hydrogen-bond acceptors (Lipinski definition) is 3. The summed E-state index contributed by atoms with van der Waals surface area (Å²) in [7, 11) is 0. The van der Waals surface area contributed by atoms with E-state index in [4.69, 9.17) is 4.74 Å². The summed E-state index contributed by atoms with van der Waals surface area (Å²) >= 11 is 1.47. The van der Waals surface area contributed by atoms with Crippen LogP contribution in [0.15, 0.2) is 17.5 Å². The predicted octanol–water partition coefficient (Wildman–Crippen LogP) is 2.35. The highest BCUT2D eigenvalue weighted by atomic mass is 32.1. The molecule has 0 aromatic carbocycles. The summed E-state index contributed by atoms with van der Waals surface area (Å²) in [4.78, 5) is 14.8. The Kier molecular flexibility index (Phi) is 2.56. The first-order chi connectivity index (χ1) is 7.02. The van der Waals surface area contributed by atoms with Gasteiger partial charge in [0.05, 0.1) is 17.0 Å². The van der Waals surface area contributed by atoms with Crippen LogP contribution in [-0.4, -0.2) is 29.2 Å². The van der Waals surface area contributed by atoms with E-state index in [1.807, 2.05) is 43.2 Å². The van der Waals surface area contributed by atoms with Crippen LogP contribution in [0.2, 0.25) is 0 Å². The third kappa shape index (κ3) is 1.79. The quantitative estimate of drug-likeness (QED) is 0.734. The third-order valence-corrected chi connectivity index (χ3v) is 3.50. The number of nitrogens with zero attached hydrogens (tertiary/aromatic N) is 1. The molecule has 1 aromatic rings. The molecule has 0 aliphatic carbocycles. The first-order valence-corrected chi connectivity index (χ1v) is 5.89. The van der Waals surface area contributed by atoms with Crippen LogP contribution in [0, 0.1) is 0 Å². The van der Waals surface area contributed by atoms with Gasteiger partial charge in [-0.15, -0.1) is 11.3 Å². The second-order valence-corrected chi connectivity index (χ2v) is 5.32. The molecule has 0 radical (unpaired) electrons. The van der Waals surface area contributed by atoms with Gasteiger partial charge in [0.15, 0.2) is 0 Å². The highest BCUT2D eigenvalue weighted by Gasteiger charge is 2.41. The van der Waals surface area contributed by atoms with Gasteiger partial charge < -0.3 is 9.64 Å². The van der Waals surface area contributed by atoms with E-state index >= 15 is 0 Å². The van der Waals surface area contributed by atoms with Crippen molar-refractivity contribution < 1.29 is 9.53 Å². The lowest BCUT2D eigenvalue weighted by atomic mass is 10.1. The van der Waals surface area contributed by atoms with Gasteiger partial charge >= 0.3 is 0 Å². The van der Waals surface area contributed by atoms with E-state index in [2.05, 4.69) is 0 Å². The van der Waals surface area contributed by atoms with Gasteiger partial charge in [0.2, 0.25) is 0 Å². The average molecular weight is 225 g/mol. The fourth-order valence-electron chi connectivity index (χ4n) is 1.92. The number of amides is 1. The molecule has 0 N–H and O–H groups in total. The Morgan fingerprint density at radius 2 is 2.40 bits per heavy atom. The average Bonchev–Trinajstić information content (AvgIpc) is 2.74. The molecule has 1 aliphatic rings. The molecule has 1 amide bonds. The Bertz CT molecular complexity index is 359. The van der Waals surface area contributed by atoms with Gasteiger partial charge in [-0.05, 0) is 32.2 Å². The second kappa shape index (κ2) is 3.61. The fraction of sp³-hybridized carbons (Fsp3) is 0.545. The van der Waals surface area contributed by atoms with Crippen LogP contribution in [-0.2, 0) is 4.74 Å². The van der Waals surface area contributed by atoms with Crippen LogP contribution in [0.4, 0.5) is 0 Å². The molecule has 1 fully saturated rings. The number of hydrogen-bond donors (Lipinski definition) is 0. The van der Waals surface area contributed by atoms with Crippen molar-refractivity contribution in [1.29, 1.82) is 0 Å². The lowest BCUT2D eigenvalue weighted by molar-refractivity contribution is 0.0311. The Labute approximate surface area is 93.7 Å². The maximum Gasteiger partial charge on any atom is 0.266 e. The normalized spacial score (nSPS) is 24.5. The van der Waals surface area contributed by atoms with E-state index in [1.54, 1.807) is 0 Å². The first-order valence-electron chi connectivity index (χ1n) is 5.01. The van der Waals surface area contributed by atoms with Gasteiger partial charge in [-0.25, -0.2) is 0 Å². The number of carbonyl (C=O) groups is 1. The molecule has 1 saturated heterocycles. The molecular weight excluding hydrogens is 210 g/mol. The van der Waals surface area contributed by atoms with Crippen molar-refractivity contribution in [3.05, 3.63) is 22.4 Å². The van der Waals surface area contributed by atoms with Gasteiger partial charge in [-0.2, -0.15) is 0 Å². The van der Waals surface area contributed by atoms with Crippen molar-refractivity contribution in [2.24, 2.45) is 0 Å². The van der Waals surface area contributed by atoms with Crippen molar-refractivity contribution in [1.82, 2.24) is 4.90 Å². The second-order valence-electron chi connectivity index (χ2n) is 4.38. The number of carbonyl (C=O) groups excluding carboxylic acids is 1. The van der Waals surface area contributed by atoms with Crippen molar-refractivity contribution in [2.75, 3.05) is 6.61 Å². The third-order valence-electron chi connectivity index (χ3n) is 2.64. The minimum absolute atomic E-state index is 0.0694. The Hall–Kier alpha value is -0.870. The first kappa shape index (κ1) is 10.6. The summed E-state index contributed by atoms with van der Waals surface area (Å²) in [6.45, 7) is 6.58. The molecule has 4 heteroatoms. The van der Waals surface area contributed by atoms with Gasteiger partial charge in [-0.1, -0.05) is 6.07 Å². The van der Waals surface area contributed by atoms with E-state index in [0.717, 1.165) is 4.88 Å². The number of thiophene rings is 1. The summed E-state index contributed by atoms with van der Waals surface area (Å²) < 4.78 is 5.51. The van der Waals surface area contributed by atoms with Gasteiger partial charge in [0.25, 0.3) is 5.91 Å². The monoisotopic (exact) mass is 225 g/mol. The standard InChI is InChI=1S/C11H15NO2S/c1-8-12(11(2,3)7-14-8)10(13)9-5-4-6-15-9/h4-6,8H,7H2,1-3H3. The predicted molar refractivity (Wildman–Crippen MR) is 60.0 cm³/mol. The Morgan fingerprint density at radius 1 is 1.67 bits per heavy atom. The van der Waals surface area contributed by atoms with Crippen LogP contribution in [0.1, 0.15) is 30.4 Å². The smallest absolute Gasteiger partial charge is 0.266 e. The zero-order valence-corrected chi connectivity index (χ0v) is 10.0. The molecule has 82 valence electrons. The SMILES string of the molecule is CC1OCC(C)(C)N1C(=O)c1cccs1. The largest absolute Gasteiger partial charge is 0.356 e. The molecule has 3 nitrogen and oxygen atoms in total. The summed E-state index contributed by atoms with van der Waals surface area (Å²) in [6, 6.07) is 3.75. The lowest BCUT2D eigenvalue weighted by Crippen LogP contribution is -2.47. The van der Waals surface area contributed by atoms with E-state index in [0.29, 0.717) is 6.61 Å². The van der Waals surface area contributed by atoms with Crippen molar-refractivity contribution >= 4 is 17.2 Å². The summed E-state index contributed by atoms with van der Waals surface area (Å²) in [5.74, 6) is 0.0694. The molecule has 15 heavy (non-hydrogen) atoms. The topological polar surface area (TPSA) is 29.5 Å². The molecule has 2 rings (SSSR count). The molecular formula is C11H15NO2S. The van der Waals surface area contributed by atoms with E-state index in [9.17, 15) is 4.79 Å². The van der Waals surface area contributed by atoms with E-state index in [-0.39, 0.29) is 17.7 Å². The van der Waals surface area contributed by atoms with Gasteiger partial charge in [-0.3, -0.25) is 4.79 Å². The molecule has 0 saturated carbocycles. The van der Waals surface area contributed by atoms with Gasteiger partial charge in [0.1, 0.15) is 6.23 Å². The zero-order chi connectivity index (χ0) is 11.1. The van der Waals surface area contributed by atoms with Crippen molar-refractivity contribution in [2.45, 2.75) is 32.5 Å². The number of ether oxygens (including phenoxy) is 1. The summed E-state index contributed by atoms with van der Waals surface area (Å²) in [6.07, 6.45) is -0.130. The van der Waals surface area contributed by atoms with E-state index < -0.39 is 0 Å². The van der Waals surface area contributed by atoms with Crippen molar-refractivity contribution in [3.8, 4) is 0 Å². The minimum Gasteiger partial charge on any atom is -0.356 e. The van der Waals surface area contributed by atoms with E-state index in [1.165, 1.54) is 11.3 Å². The van der Waals surface area contributed by atoms with Crippen LogP contribution < -0.4 is 0 Å². The molecule has 2 heterocycles. The maximum atomic E-state index is 12.2. The molecule has 0 spiro atoms. The summed E-state index contributed by atoms with van der Waals surface area (Å²) in [5.41, 5.74) is -0.208. The fourth-order valence-corrected chi connectivity index (χ4v) is 2.58. The van der Waals surface area contributed by atoms with Crippen LogP contribution in [0.25, 0.3) is 0 Å².